The summed E-state index contributed by atoms with van der Waals surface area (Å²) in [6.07, 6.45) is 2.44. The minimum Gasteiger partial charge on any atom is -0.333 e. The molecule has 0 saturated heterocycles. The van der Waals surface area contributed by atoms with E-state index in [9.17, 15) is 8.42 Å². The number of aromatic nitrogens is 2. The van der Waals surface area contributed by atoms with Gasteiger partial charge in [0.05, 0.1) is 0 Å². The second-order valence-corrected chi connectivity index (χ2v) is 5.34. The van der Waals surface area contributed by atoms with Gasteiger partial charge in [0.2, 0.25) is 0 Å². The molecular formula is C9H17N3O2S. The highest BCUT2D eigenvalue weighted by atomic mass is 32.2. The summed E-state index contributed by atoms with van der Waals surface area (Å²) in [7, 11) is -3.69. The Bertz CT molecular complexity index is 434. The highest BCUT2D eigenvalue weighted by molar-refractivity contribution is 7.89. The summed E-state index contributed by atoms with van der Waals surface area (Å²) >= 11 is 0. The standard InChI is InChI=1S/C9H17N3O2S/c1-4-5-12-6-8(15(10,13)14)11-9(12)7(2)3/h6-7H,4-5H2,1-3H3,(H2,10,13,14). The molecule has 0 radical (unpaired) electrons. The van der Waals surface area contributed by atoms with E-state index in [0.717, 1.165) is 18.8 Å². The molecule has 6 heteroatoms. The van der Waals surface area contributed by atoms with Crippen molar-refractivity contribution in [2.75, 3.05) is 0 Å². The minimum atomic E-state index is -3.69. The molecule has 0 amide bonds. The minimum absolute atomic E-state index is 0.0420. The molecule has 1 heterocycles. The molecule has 0 fully saturated rings. The van der Waals surface area contributed by atoms with Gasteiger partial charge in [-0.05, 0) is 6.42 Å². The summed E-state index contributed by atoms with van der Waals surface area (Å²) in [6.45, 7) is 6.74. The van der Waals surface area contributed by atoms with Crippen LogP contribution in [0.3, 0.4) is 0 Å². The number of primary sulfonamides is 1. The second-order valence-electron chi connectivity index (χ2n) is 3.83. The van der Waals surface area contributed by atoms with Crippen LogP contribution in [0.1, 0.15) is 38.9 Å². The Hall–Kier alpha value is -0.880. The average molecular weight is 231 g/mol. The van der Waals surface area contributed by atoms with Crippen LogP contribution in [0.4, 0.5) is 0 Å². The highest BCUT2D eigenvalue weighted by Crippen LogP contribution is 2.16. The SMILES string of the molecule is CCCn1cc(S(N)(=O)=O)nc1C(C)C. The Labute approximate surface area is 90.4 Å². The van der Waals surface area contributed by atoms with Crippen molar-refractivity contribution in [3.63, 3.8) is 0 Å². The van der Waals surface area contributed by atoms with Crippen LogP contribution in [0.5, 0.6) is 0 Å². The van der Waals surface area contributed by atoms with Gasteiger partial charge in [0, 0.05) is 18.7 Å². The van der Waals surface area contributed by atoms with Crippen molar-refractivity contribution in [2.24, 2.45) is 5.14 Å². The number of nitrogens with zero attached hydrogens (tertiary/aromatic N) is 2. The van der Waals surface area contributed by atoms with Gasteiger partial charge in [-0.15, -0.1) is 0 Å². The number of hydrogen-bond donors (Lipinski definition) is 1. The van der Waals surface area contributed by atoms with Gasteiger partial charge in [-0.1, -0.05) is 20.8 Å². The monoisotopic (exact) mass is 231 g/mol. The van der Waals surface area contributed by atoms with Gasteiger partial charge in [0.1, 0.15) is 5.82 Å². The van der Waals surface area contributed by atoms with E-state index in [1.165, 1.54) is 6.20 Å². The third-order valence-electron chi connectivity index (χ3n) is 2.06. The molecule has 1 rings (SSSR count). The molecular weight excluding hydrogens is 214 g/mol. The van der Waals surface area contributed by atoms with E-state index < -0.39 is 10.0 Å². The fraction of sp³-hybridized carbons (Fsp3) is 0.667. The van der Waals surface area contributed by atoms with Crippen LogP contribution in [0.25, 0.3) is 0 Å². The van der Waals surface area contributed by atoms with Crippen LogP contribution < -0.4 is 5.14 Å². The van der Waals surface area contributed by atoms with E-state index in [-0.39, 0.29) is 10.9 Å². The maximum Gasteiger partial charge on any atom is 0.257 e. The third-order valence-corrected chi connectivity index (χ3v) is 2.84. The first-order valence-corrected chi connectivity index (χ1v) is 6.50. The smallest absolute Gasteiger partial charge is 0.257 e. The summed E-state index contributed by atoms with van der Waals surface area (Å²) in [6, 6.07) is 0. The van der Waals surface area contributed by atoms with Crippen LogP contribution in [0, 0.1) is 0 Å². The van der Waals surface area contributed by atoms with Crippen molar-refractivity contribution in [3.8, 4) is 0 Å². The lowest BCUT2D eigenvalue weighted by molar-refractivity contribution is 0.594. The van der Waals surface area contributed by atoms with Crippen molar-refractivity contribution in [1.29, 1.82) is 0 Å². The number of rotatable bonds is 4. The lowest BCUT2D eigenvalue weighted by Gasteiger charge is -2.07. The first-order chi connectivity index (χ1) is 6.86. The largest absolute Gasteiger partial charge is 0.333 e. The van der Waals surface area contributed by atoms with E-state index in [0.29, 0.717) is 0 Å². The predicted molar refractivity (Wildman–Crippen MR) is 58.0 cm³/mol. The topological polar surface area (TPSA) is 78.0 Å². The molecule has 0 saturated carbocycles. The molecule has 0 spiro atoms. The molecule has 15 heavy (non-hydrogen) atoms. The number of imidazole rings is 1. The fourth-order valence-electron chi connectivity index (χ4n) is 1.42. The van der Waals surface area contributed by atoms with Gasteiger partial charge in [-0.25, -0.2) is 18.5 Å². The van der Waals surface area contributed by atoms with Gasteiger partial charge in [0.15, 0.2) is 5.03 Å². The fourth-order valence-corrected chi connectivity index (χ4v) is 1.92. The first kappa shape index (κ1) is 12.2. The molecule has 0 atom stereocenters. The maximum atomic E-state index is 11.1. The third kappa shape index (κ3) is 2.79. The predicted octanol–water partition coefficient (Wildman–Crippen LogP) is 1.06. The van der Waals surface area contributed by atoms with Crippen LogP contribution in [0.15, 0.2) is 11.2 Å². The summed E-state index contributed by atoms with van der Waals surface area (Å²) in [5.74, 6) is 0.952. The van der Waals surface area contributed by atoms with E-state index >= 15 is 0 Å². The lowest BCUT2D eigenvalue weighted by Crippen LogP contribution is -2.12. The summed E-state index contributed by atoms with van der Waals surface area (Å²) in [5.41, 5.74) is 0. The molecule has 0 aliphatic rings. The Kier molecular flexibility index (Phi) is 3.51. The zero-order valence-electron chi connectivity index (χ0n) is 9.27. The molecule has 0 unspecified atom stereocenters. The zero-order valence-corrected chi connectivity index (χ0v) is 10.1. The molecule has 1 aromatic heterocycles. The number of hydrogen-bond acceptors (Lipinski definition) is 3. The van der Waals surface area contributed by atoms with Crippen molar-refractivity contribution in [2.45, 2.75) is 44.7 Å². The van der Waals surface area contributed by atoms with Crippen LogP contribution in [-0.2, 0) is 16.6 Å². The lowest BCUT2D eigenvalue weighted by atomic mass is 10.2. The Morgan fingerprint density at radius 1 is 1.53 bits per heavy atom. The highest BCUT2D eigenvalue weighted by Gasteiger charge is 2.17. The summed E-state index contributed by atoms with van der Waals surface area (Å²) < 4.78 is 24.1. The van der Waals surface area contributed by atoms with Gasteiger partial charge >= 0.3 is 0 Å². The van der Waals surface area contributed by atoms with E-state index in [4.69, 9.17) is 5.14 Å². The Morgan fingerprint density at radius 2 is 2.13 bits per heavy atom. The van der Waals surface area contributed by atoms with E-state index in [1.807, 2.05) is 25.3 Å². The molecule has 0 aliphatic carbocycles. The number of aryl methyl sites for hydroxylation is 1. The Morgan fingerprint density at radius 3 is 2.53 bits per heavy atom. The molecule has 0 bridgehead atoms. The maximum absolute atomic E-state index is 11.1. The summed E-state index contributed by atoms with van der Waals surface area (Å²) in [5, 5.41) is 4.99. The van der Waals surface area contributed by atoms with E-state index in [1.54, 1.807) is 0 Å². The van der Waals surface area contributed by atoms with E-state index in [2.05, 4.69) is 4.98 Å². The molecule has 0 aromatic carbocycles. The quantitative estimate of drug-likeness (QED) is 0.841. The van der Waals surface area contributed by atoms with Crippen LogP contribution in [0.2, 0.25) is 0 Å². The van der Waals surface area contributed by atoms with Gasteiger partial charge in [-0.3, -0.25) is 0 Å². The summed E-state index contributed by atoms with van der Waals surface area (Å²) in [4.78, 5) is 4.05. The van der Waals surface area contributed by atoms with Crippen LogP contribution >= 0.6 is 0 Å². The Balaban J connectivity index is 3.21. The normalized spacial score (nSPS) is 12.3. The van der Waals surface area contributed by atoms with Crippen molar-refractivity contribution < 1.29 is 8.42 Å². The van der Waals surface area contributed by atoms with Crippen molar-refractivity contribution >= 4 is 10.0 Å². The van der Waals surface area contributed by atoms with Gasteiger partial charge in [0.25, 0.3) is 10.0 Å². The van der Waals surface area contributed by atoms with Gasteiger partial charge in [-0.2, -0.15) is 0 Å². The van der Waals surface area contributed by atoms with Crippen molar-refractivity contribution in [3.05, 3.63) is 12.0 Å². The molecule has 0 aliphatic heterocycles. The average Bonchev–Trinajstić information content (AvgIpc) is 2.48. The second kappa shape index (κ2) is 4.32. The number of sulfonamides is 1. The van der Waals surface area contributed by atoms with Gasteiger partial charge < -0.3 is 4.57 Å². The molecule has 2 N–H and O–H groups in total. The molecule has 1 aromatic rings. The van der Waals surface area contributed by atoms with Crippen molar-refractivity contribution in [1.82, 2.24) is 9.55 Å². The molecule has 86 valence electrons. The molecule has 5 nitrogen and oxygen atoms in total. The van der Waals surface area contributed by atoms with Crippen LogP contribution in [-0.4, -0.2) is 18.0 Å². The zero-order chi connectivity index (χ0) is 11.6. The first-order valence-electron chi connectivity index (χ1n) is 4.96. The number of nitrogens with two attached hydrogens (primary N) is 1.